The van der Waals surface area contributed by atoms with E-state index in [1.807, 2.05) is 6.26 Å². The first kappa shape index (κ1) is 20.4. The molecule has 0 aromatic heterocycles. The van der Waals surface area contributed by atoms with Gasteiger partial charge in [0.1, 0.15) is 0 Å². The van der Waals surface area contributed by atoms with Gasteiger partial charge in [0.05, 0.1) is 11.3 Å². The van der Waals surface area contributed by atoms with Crippen LogP contribution in [0.15, 0.2) is 46.4 Å². The lowest BCUT2D eigenvalue weighted by atomic mass is 9.93. The van der Waals surface area contributed by atoms with E-state index in [9.17, 15) is 13.2 Å². The molecule has 2 rings (SSSR count). The number of nitrogens with zero attached hydrogens (tertiary/aromatic N) is 2. The van der Waals surface area contributed by atoms with Gasteiger partial charge in [0, 0.05) is 11.9 Å². The molecule has 0 aliphatic carbocycles. The van der Waals surface area contributed by atoms with Crippen LogP contribution in [0.1, 0.15) is 11.1 Å². The number of aliphatic imine (C=N–C) groups is 2. The summed E-state index contributed by atoms with van der Waals surface area (Å²) in [6.07, 6.45) is -2.76. The Kier molecular flexibility index (Phi) is 6.21. The zero-order chi connectivity index (χ0) is 20.2. The third kappa shape index (κ3) is 5.30. The van der Waals surface area contributed by atoms with E-state index < -0.39 is 11.7 Å². The largest absolute Gasteiger partial charge is 0.417 e. The SMILES string of the molecule is CSNc1cccc(-c2c(C)cc(N=C(N)N=C(N)N)cc2C(F)(F)F)c1. The number of nitrogens with two attached hydrogens (primary N) is 3. The van der Waals surface area contributed by atoms with Crippen LogP contribution in [-0.4, -0.2) is 18.2 Å². The first-order valence-electron chi connectivity index (χ1n) is 7.67. The van der Waals surface area contributed by atoms with Crippen molar-refractivity contribution in [3.8, 4) is 11.1 Å². The van der Waals surface area contributed by atoms with Crippen LogP contribution in [0.4, 0.5) is 24.5 Å². The standard InChI is InChI=1S/C17H19F3N6S/c1-9-6-12(24-16(23)25-15(21)22)8-13(17(18,19)20)14(9)10-4-3-5-11(7-10)26-27-2/h3-8,26H,1-2H3,(H6,21,22,23,24,25). The molecule has 0 heterocycles. The van der Waals surface area contributed by atoms with Crippen molar-refractivity contribution in [3.63, 3.8) is 0 Å². The van der Waals surface area contributed by atoms with Crippen molar-refractivity contribution in [1.29, 1.82) is 0 Å². The first-order valence-corrected chi connectivity index (χ1v) is 8.89. The summed E-state index contributed by atoms with van der Waals surface area (Å²) in [6.45, 7) is 1.58. The summed E-state index contributed by atoms with van der Waals surface area (Å²) in [5, 5.41) is 0. The molecule has 0 aliphatic heterocycles. The molecular formula is C17H19F3N6S. The number of hydrogen-bond acceptors (Lipinski definition) is 3. The molecule has 0 amide bonds. The van der Waals surface area contributed by atoms with Crippen molar-refractivity contribution >= 4 is 35.2 Å². The van der Waals surface area contributed by atoms with Crippen molar-refractivity contribution in [2.75, 3.05) is 11.0 Å². The molecule has 0 saturated carbocycles. The van der Waals surface area contributed by atoms with Gasteiger partial charge < -0.3 is 21.9 Å². The molecule has 2 aromatic rings. The second-order valence-corrected chi connectivity index (χ2v) is 6.19. The number of anilines is 1. The predicted molar refractivity (Wildman–Crippen MR) is 106 cm³/mol. The zero-order valence-electron chi connectivity index (χ0n) is 14.6. The number of benzene rings is 2. The van der Waals surface area contributed by atoms with Gasteiger partial charge in [-0.05, 0) is 47.9 Å². The fraction of sp³-hybridized carbons (Fsp3) is 0.176. The highest BCUT2D eigenvalue weighted by atomic mass is 32.2. The highest BCUT2D eigenvalue weighted by Crippen LogP contribution is 2.41. The minimum Gasteiger partial charge on any atom is -0.370 e. The topological polar surface area (TPSA) is 115 Å². The highest BCUT2D eigenvalue weighted by Gasteiger charge is 2.35. The van der Waals surface area contributed by atoms with Gasteiger partial charge in [-0.15, -0.1) is 0 Å². The van der Waals surface area contributed by atoms with Crippen LogP contribution in [0.5, 0.6) is 0 Å². The summed E-state index contributed by atoms with van der Waals surface area (Å²) in [7, 11) is 0. The molecular weight excluding hydrogens is 377 g/mol. The van der Waals surface area contributed by atoms with E-state index in [1.54, 1.807) is 31.2 Å². The molecule has 0 fully saturated rings. The molecule has 0 atom stereocenters. The Bertz CT molecular complexity index is 889. The minimum absolute atomic E-state index is 0.00414. The Labute approximate surface area is 158 Å². The Hall–Kier alpha value is -2.88. The van der Waals surface area contributed by atoms with Gasteiger partial charge in [0.15, 0.2) is 5.96 Å². The maximum atomic E-state index is 13.7. The van der Waals surface area contributed by atoms with Gasteiger partial charge in [-0.1, -0.05) is 24.1 Å². The van der Waals surface area contributed by atoms with Crippen molar-refractivity contribution in [2.24, 2.45) is 27.2 Å². The first-order chi connectivity index (χ1) is 12.6. The van der Waals surface area contributed by atoms with Gasteiger partial charge >= 0.3 is 6.18 Å². The third-order valence-electron chi connectivity index (χ3n) is 3.48. The lowest BCUT2D eigenvalue weighted by molar-refractivity contribution is -0.137. The van der Waals surface area contributed by atoms with Crippen LogP contribution in [0, 0.1) is 6.92 Å². The van der Waals surface area contributed by atoms with E-state index in [0.29, 0.717) is 16.8 Å². The summed E-state index contributed by atoms with van der Waals surface area (Å²) in [5.41, 5.74) is 16.7. The molecule has 0 radical (unpaired) electrons. The molecule has 2 aromatic carbocycles. The number of halogens is 3. The Morgan fingerprint density at radius 1 is 1.11 bits per heavy atom. The van der Waals surface area contributed by atoms with E-state index >= 15 is 0 Å². The number of hydrogen-bond donors (Lipinski definition) is 4. The average molecular weight is 396 g/mol. The lowest BCUT2D eigenvalue weighted by Crippen LogP contribution is -2.26. The van der Waals surface area contributed by atoms with Crippen molar-refractivity contribution in [3.05, 3.63) is 47.5 Å². The zero-order valence-corrected chi connectivity index (χ0v) is 15.4. The van der Waals surface area contributed by atoms with Gasteiger partial charge in [-0.2, -0.15) is 18.2 Å². The Morgan fingerprint density at radius 3 is 2.41 bits per heavy atom. The molecule has 7 N–H and O–H groups in total. The third-order valence-corrected chi connectivity index (χ3v) is 3.92. The summed E-state index contributed by atoms with van der Waals surface area (Å²) in [6, 6.07) is 9.17. The highest BCUT2D eigenvalue weighted by molar-refractivity contribution is 7.99. The monoisotopic (exact) mass is 396 g/mol. The van der Waals surface area contributed by atoms with Crippen LogP contribution >= 0.6 is 11.9 Å². The normalized spacial score (nSPS) is 12.0. The molecule has 10 heteroatoms. The van der Waals surface area contributed by atoms with E-state index in [-0.39, 0.29) is 23.2 Å². The van der Waals surface area contributed by atoms with Crippen molar-refractivity contribution in [1.82, 2.24) is 0 Å². The fourth-order valence-electron chi connectivity index (χ4n) is 2.59. The van der Waals surface area contributed by atoms with Gasteiger partial charge in [-0.3, -0.25) is 0 Å². The van der Waals surface area contributed by atoms with E-state index in [2.05, 4.69) is 14.7 Å². The van der Waals surface area contributed by atoms with Crippen LogP contribution in [0.25, 0.3) is 11.1 Å². The summed E-state index contributed by atoms with van der Waals surface area (Å²) >= 11 is 1.35. The molecule has 0 saturated heterocycles. The minimum atomic E-state index is -4.58. The van der Waals surface area contributed by atoms with E-state index in [1.165, 1.54) is 18.0 Å². The maximum Gasteiger partial charge on any atom is 0.417 e. The number of alkyl halides is 3. The molecule has 0 unspecified atom stereocenters. The summed E-state index contributed by atoms with van der Waals surface area (Å²) < 4.78 is 44.2. The second-order valence-electron chi connectivity index (χ2n) is 5.58. The van der Waals surface area contributed by atoms with Crippen molar-refractivity contribution in [2.45, 2.75) is 13.1 Å². The molecule has 0 bridgehead atoms. The molecule has 144 valence electrons. The van der Waals surface area contributed by atoms with Gasteiger partial charge in [0.25, 0.3) is 0 Å². The summed E-state index contributed by atoms with van der Waals surface area (Å²) in [4.78, 5) is 7.36. The van der Waals surface area contributed by atoms with Crippen LogP contribution < -0.4 is 21.9 Å². The predicted octanol–water partition coefficient (Wildman–Crippen LogP) is 3.59. The smallest absolute Gasteiger partial charge is 0.370 e. The van der Waals surface area contributed by atoms with E-state index in [0.717, 1.165) is 6.07 Å². The number of guanidine groups is 2. The lowest BCUT2D eigenvalue weighted by Gasteiger charge is -2.17. The Morgan fingerprint density at radius 2 is 1.81 bits per heavy atom. The number of aryl methyl sites for hydroxylation is 1. The van der Waals surface area contributed by atoms with Crippen molar-refractivity contribution < 1.29 is 13.2 Å². The van der Waals surface area contributed by atoms with Crippen LogP contribution in [0.3, 0.4) is 0 Å². The molecule has 0 spiro atoms. The number of nitrogens with one attached hydrogen (secondary N) is 1. The summed E-state index contributed by atoms with van der Waals surface area (Å²) in [5.74, 6) is -0.666. The van der Waals surface area contributed by atoms with Crippen LogP contribution in [-0.2, 0) is 6.18 Å². The maximum absolute atomic E-state index is 13.7. The molecule has 27 heavy (non-hydrogen) atoms. The number of rotatable bonds is 4. The Balaban J connectivity index is 2.65. The second kappa shape index (κ2) is 8.21. The molecule has 0 aliphatic rings. The van der Waals surface area contributed by atoms with E-state index in [4.69, 9.17) is 17.2 Å². The van der Waals surface area contributed by atoms with Crippen LogP contribution in [0.2, 0.25) is 0 Å². The average Bonchev–Trinajstić information content (AvgIpc) is 2.53. The van der Waals surface area contributed by atoms with Gasteiger partial charge in [0.2, 0.25) is 5.96 Å². The molecule has 6 nitrogen and oxygen atoms in total. The van der Waals surface area contributed by atoms with Gasteiger partial charge in [-0.25, -0.2) is 4.99 Å². The fourth-order valence-corrected chi connectivity index (χ4v) is 2.95. The quantitative estimate of drug-likeness (QED) is 0.358.